The first-order valence-corrected chi connectivity index (χ1v) is 16.0. The predicted molar refractivity (Wildman–Crippen MR) is 162 cm³/mol. The minimum absolute atomic E-state index is 0.105. The molecule has 0 aromatic heterocycles. The van der Waals surface area contributed by atoms with Crippen LogP contribution in [0, 0.1) is 11.8 Å². The van der Waals surface area contributed by atoms with Crippen molar-refractivity contribution in [2.45, 2.75) is 84.7 Å². The Labute approximate surface area is 275 Å². The number of esters is 5. The van der Waals surface area contributed by atoms with Crippen molar-refractivity contribution >= 4 is 35.8 Å². The van der Waals surface area contributed by atoms with Gasteiger partial charge in [0.25, 0.3) is 0 Å². The molecule has 16 nitrogen and oxygen atoms in total. The van der Waals surface area contributed by atoms with Gasteiger partial charge in [0, 0.05) is 7.11 Å². The quantitative estimate of drug-likeness (QED) is 0.0994. The van der Waals surface area contributed by atoms with E-state index in [4.69, 9.17) is 33.5 Å². The molecule has 16 heteroatoms. The van der Waals surface area contributed by atoms with Gasteiger partial charge >= 0.3 is 35.8 Å². The molecule has 270 valence electrons. The van der Waals surface area contributed by atoms with E-state index in [9.17, 15) is 28.8 Å². The lowest BCUT2D eigenvalue weighted by molar-refractivity contribution is -0.176. The number of methoxy groups -OCH3 is 1. The Hall–Kier alpha value is -3.18. The molecule has 0 aromatic carbocycles. The number of rotatable bonds is 17. The third-order valence-corrected chi connectivity index (χ3v) is 7.40. The molecule has 2 bridgehead atoms. The molecular formula is C31H51NO15. The second kappa shape index (κ2) is 23.2. The lowest BCUT2D eigenvalue weighted by atomic mass is 9.76. The lowest BCUT2D eigenvalue weighted by Gasteiger charge is -2.34. The van der Waals surface area contributed by atoms with Crippen molar-refractivity contribution in [3.63, 3.8) is 0 Å². The number of hydrogen-bond acceptors (Lipinski definition) is 15. The zero-order chi connectivity index (χ0) is 35.4. The molecule has 0 aromatic rings. The summed E-state index contributed by atoms with van der Waals surface area (Å²) in [6.07, 6.45) is -0.618. The van der Waals surface area contributed by atoms with E-state index in [2.05, 4.69) is 35.1 Å². The fourth-order valence-electron chi connectivity index (χ4n) is 4.97. The van der Waals surface area contributed by atoms with E-state index in [1.54, 1.807) is 0 Å². The number of fused-ring (bicyclic) bond motifs is 2. The van der Waals surface area contributed by atoms with Crippen LogP contribution < -0.4 is 0 Å². The monoisotopic (exact) mass is 677 g/mol. The van der Waals surface area contributed by atoms with Crippen molar-refractivity contribution in [1.29, 1.82) is 0 Å². The number of carboxylic acids is 1. The molecule has 3 aliphatic heterocycles. The smallest absolute Gasteiger partial charge is 0.339 e. The van der Waals surface area contributed by atoms with Crippen LogP contribution in [0.1, 0.15) is 60.3 Å². The Morgan fingerprint density at radius 1 is 0.787 bits per heavy atom. The maximum absolute atomic E-state index is 12.8. The average molecular weight is 678 g/mol. The Bertz CT molecular complexity index is 982. The predicted octanol–water partition coefficient (Wildman–Crippen LogP) is 1.15. The van der Waals surface area contributed by atoms with Gasteiger partial charge in [0.05, 0.1) is 13.2 Å². The van der Waals surface area contributed by atoms with Crippen LogP contribution in [0.5, 0.6) is 0 Å². The first-order chi connectivity index (χ1) is 22.5. The second-order valence-corrected chi connectivity index (χ2v) is 10.7. The highest BCUT2D eigenvalue weighted by molar-refractivity contribution is 5.88. The molecule has 0 aliphatic carbocycles. The summed E-state index contributed by atoms with van der Waals surface area (Å²) in [5.74, 6) is -6.46. The third kappa shape index (κ3) is 14.2. The third-order valence-electron chi connectivity index (χ3n) is 7.40. The highest BCUT2D eigenvalue weighted by Crippen LogP contribution is 2.47. The van der Waals surface area contributed by atoms with Crippen molar-refractivity contribution in [1.82, 2.24) is 4.90 Å². The summed E-state index contributed by atoms with van der Waals surface area (Å²) < 4.78 is 40.7. The molecule has 0 amide bonds. The van der Waals surface area contributed by atoms with Gasteiger partial charge in [0.2, 0.25) is 0 Å². The molecule has 3 heterocycles. The van der Waals surface area contributed by atoms with E-state index in [0.717, 1.165) is 12.8 Å². The molecule has 0 spiro atoms. The van der Waals surface area contributed by atoms with Gasteiger partial charge in [-0.25, -0.2) is 19.2 Å². The molecule has 6 atom stereocenters. The number of unbranched alkanes of at least 4 members (excludes halogenated alkanes) is 2. The highest BCUT2D eigenvalue weighted by atomic mass is 16.6. The van der Waals surface area contributed by atoms with E-state index >= 15 is 0 Å². The van der Waals surface area contributed by atoms with E-state index in [0.29, 0.717) is 12.8 Å². The minimum Gasteiger partial charge on any atom is -0.480 e. The molecule has 0 radical (unpaired) electrons. The zero-order valence-corrected chi connectivity index (χ0v) is 28.3. The molecule has 1 N–H and O–H groups in total. The SMILES string of the molecule is CCCCOC(=O)C1C2O[C@@H](C1C(=O)OCCCC)[C@@H](OC)C2OC(=O)COCC(=O)O.CCN(CC)CC.O=C1COCC(=O)O1. The standard InChI is InChI=1S/C21H32O11.C6H15N.C4H4O4/c1-4-6-8-29-20(25)14-15(21(26)30-9-7-5-2)17-19(18(27-3)16(14)32-17)31-13(24)11-28-10-12(22)23;1-4-7(5-2)6-3;5-3-1-7-2-4(6)8-3/h14-19H,4-11H2,1-3H3,(H,22,23);4-6H2,1-3H3;1-2H2/t14?,15?,16-,17?,18+,19?;;/m0../s1. The molecular weight excluding hydrogens is 626 g/mol. The Morgan fingerprint density at radius 3 is 1.64 bits per heavy atom. The Kier molecular flexibility index (Phi) is 20.7. The van der Waals surface area contributed by atoms with Crippen molar-refractivity contribution in [3.8, 4) is 0 Å². The van der Waals surface area contributed by atoms with Crippen LogP contribution in [-0.2, 0) is 66.7 Å². The van der Waals surface area contributed by atoms with Crippen LogP contribution in [0.4, 0.5) is 0 Å². The van der Waals surface area contributed by atoms with Crippen LogP contribution in [-0.4, -0.2) is 137 Å². The molecule has 3 rings (SSSR count). The molecule has 3 saturated heterocycles. The zero-order valence-electron chi connectivity index (χ0n) is 28.3. The van der Waals surface area contributed by atoms with Crippen LogP contribution in [0.25, 0.3) is 0 Å². The van der Waals surface area contributed by atoms with Crippen molar-refractivity contribution in [3.05, 3.63) is 0 Å². The van der Waals surface area contributed by atoms with E-state index in [-0.39, 0.29) is 26.4 Å². The van der Waals surface area contributed by atoms with Crippen LogP contribution in [0.3, 0.4) is 0 Å². The normalized spacial score (nSPS) is 24.3. The van der Waals surface area contributed by atoms with Gasteiger partial charge in [-0.1, -0.05) is 47.5 Å². The van der Waals surface area contributed by atoms with Gasteiger partial charge in [-0.15, -0.1) is 0 Å². The maximum atomic E-state index is 12.8. The van der Waals surface area contributed by atoms with E-state index in [1.807, 2.05) is 13.8 Å². The van der Waals surface area contributed by atoms with Crippen molar-refractivity contribution in [2.24, 2.45) is 11.8 Å². The number of nitrogens with zero attached hydrogens (tertiary/aromatic N) is 1. The molecule has 0 saturated carbocycles. The van der Waals surface area contributed by atoms with E-state index < -0.39 is 85.3 Å². The summed E-state index contributed by atoms with van der Waals surface area (Å²) in [6, 6.07) is 0. The first kappa shape index (κ1) is 41.8. The number of hydrogen-bond donors (Lipinski definition) is 1. The summed E-state index contributed by atoms with van der Waals surface area (Å²) >= 11 is 0. The maximum Gasteiger partial charge on any atom is 0.339 e. The largest absolute Gasteiger partial charge is 0.480 e. The second-order valence-electron chi connectivity index (χ2n) is 10.7. The summed E-state index contributed by atoms with van der Waals surface area (Å²) in [6.45, 7) is 13.0. The van der Waals surface area contributed by atoms with Gasteiger partial charge in [-0.05, 0) is 32.5 Å². The molecule has 47 heavy (non-hydrogen) atoms. The fraction of sp³-hybridized carbons (Fsp3) is 0.806. The van der Waals surface area contributed by atoms with E-state index in [1.165, 1.54) is 26.7 Å². The molecule has 3 fully saturated rings. The fourth-order valence-corrected chi connectivity index (χ4v) is 4.97. The van der Waals surface area contributed by atoms with Crippen LogP contribution in [0.2, 0.25) is 0 Å². The van der Waals surface area contributed by atoms with Gasteiger partial charge in [0.15, 0.2) is 6.10 Å². The first-order valence-electron chi connectivity index (χ1n) is 16.0. The number of carbonyl (C=O) groups is 6. The van der Waals surface area contributed by atoms with Crippen LogP contribution >= 0.6 is 0 Å². The molecule has 4 unspecified atom stereocenters. The highest BCUT2D eigenvalue weighted by Gasteiger charge is 2.67. The van der Waals surface area contributed by atoms with Crippen molar-refractivity contribution in [2.75, 3.05) is 66.4 Å². The van der Waals surface area contributed by atoms with Gasteiger partial charge < -0.3 is 47.9 Å². The minimum atomic E-state index is -1.23. The lowest BCUT2D eigenvalue weighted by Crippen LogP contribution is -2.54. The topological polar surface area (TPSA) is 200 Å². The van der Waals surface area contributed by atoms with Crippen LogP contribution in [0.15, 0.2) is 0 Å². The average Bonchev–Trinajstić information content (AvgIpc) is 3.58. The summed E-state index contributed by atoms with van der Waals surface area (Å²) in [5.41, 5.74) is 0. The number of cyclic esters (lactones) is 2. The summed E-state index contributed by atoms with van der Waals surface area (Å²) in [7, 11) is 1.38. The Morgan fingerprint density at radius 2 is 1.28 bits per heavy atom. The summed E-state index contributed by atoms with van der Waals surface area (Å²) in [4.78, 5) is 70.9. The number of ether oxygens (including phenoxy) is 8. The van der Waals surface area contributed by atoms with Gasteiger partial charge in [0.1, 0.15) is 56.6 Å². The summed E-state index contributed by atoms with van der Waals surface area (Å²) in [5, 5.41) is 8.61. The van der Waals surface area contributed by atoms with Crippen molar-refractivity contribution < 1.29 is 71.8 Å². The Balaban J connectivity index is 0.000000600. The van der Waals surface area contributed by atoms with Gasteiger partial charge in [-0.3, -0.25) is 9.59 Å². The number of aliphatic carboxylic acids is 1. The van der Waals surface area contributed by atoms with Gasteiger partial charge in [-0.2, -0.15) is 0 Å². The molecule has 3 aliphatic rings. The number of carbonyl (C=O) groups excluding carboxylic acids is 5. The number of carboxylic acid groups (broad SMARTS) is 1.